The number of aromatic nitrogens is 1. The number of nitrogens with zero attached hydrogens (tertiary/aromatic N) is 3. The lowest BCUT2D eigenvalue weighted by atomic mass is 9.80. The second-order valence-electron chi connectivity index (χ2n) is 7.20. The first-order valence-corrected chi connectivity index (χ1v) is 10.5. The van der Waals surface area contributed by atoms with E-state index in [4.69, 9.17) is 9.84 Å². The number of ketones is 1. The van der Waals surface area contributed by atoms with E-state index in [1.165, 1.54) is 35.5 Å². The van der Waals surface area contributed by atoms with Gasteiger partial charge >= 0.3 is 0 Å². The van der Waals surface area contributed by atoms with E-state index in [1.54, 1.807) is 6.92 Å². The summed E-state index contributed by atoms with van der Waals surface area (Å²) in [6.07, 6.45) is 4.64. The fourth-order valence-corrected chi connectivity index (χ4v) is 5.08. The van der Waals surface area contributed by atoms with Gasteiger partial charge in [0, 0.05) is 18.6 Å². The molecule has 142 valence electrons. The Kier molecular flexibility index (Phi) is 5.00. The van der Waals surface area contributed by atoms with Crippen molar-refractivity contribution in [2.75, 3.05) is 11.6 Å². The lowest BCUT2D eigenvalue weighted by Gasteiger charge is -2.28. The number of thiazole rings is 1. The standard InChI is InChI=1S/C21H25N3O2S/c1-4-26-16-11-9-15(10-12-16)19-17-7-5-6-8-18(17)23-24(19)21-22-13(2)20(27-21)14(3)25/h9-12,17,19H,4-8H2,1-3H3/t17-,19-/m0/s1. The Balaban J connectivity index is 1.72. The van der Waals surface area contributed by atoms with E-state index in [9.17, 15) is 4.79 Å². The van der Waals surface area contributed by atoms with Crippen molar-refractivity contribution >= 4 is 28.0 Å². The summed E-state index contributed by atoms with van der Waals surface area (Å²) >= 11 is 1.45. The Morgan fingerprint density at radius 3 is 2.74 bits per heavy atom. The van der Waals surface area contributed by atoms with Crippen LogP contribution in [0.4, 0.5) is 5.13 Å². The van der Waals surface area contributed by atoms with E-state index in [2.05, 4.69) is 22.1 Å². The Morgan fingerprint density at radius 1 is 1.30 bits per heavy atom. The van der Waals surface area contributed by atoms with Crippen molar-refractivity contribution in [1.82, 2.24) is 4.98 Å². The van der Waals surface area contributed by atoms with Crippen molar-refractivity contribution in [2.24, 2.45) is 11.0 Å². The Hall–Kier alpha value is -2.21. The van der Waals surface area contributed by atoms with Crippen LogP contribution in [0, 0.1) is 12.8 Å². The molecule has 0 unspecified atom stereocenters. The van der Waals surface area contributed by atoms with Crippen LogP contribution in [0.25, 0.3) is 0 Å². The first kappa shape index (κ1) is 18.2. The smallest absolute Gasteiger partial charge is 0.207 e. The highest BCUT2D eigenvalue weighted by Crippen LogP contribution is 2.45. The van der Waals surface area contributed by atoms with Crippen molar-refractivity contribution < 1.29 is 9.53 Å². The van der Waals surface area contributed by atoms with Crippen molar-refractivity contribution in [3.63, 3.8) is 0 Å². The van der Waals surface area contributed by atoms with E-state index in [0.717, 1.165) is 34.3 Å². The molecule has 0 spiro atoms. The molecule has 2 aliphatic rings. The molecule has 1 aromatic carbocycles. The number of aryl methyl sites for hydroxylation is 1. The fraction of sp³-hybridized carbons (Fsp3) is 0.476. The van der Waals surface area contributed by atoms with Crippen LogP contribution in [-0.2, 0) is 0 Å². The molecular weight excluding hydrogens is 358 g/mol. The van der Waals surface area contributed by atoms with E-state index in [1.807, 2.05) is 26.0 Å². The summed E-state index contributed by atoms with van der Waals surface area (Å²) in [6.45, 7) is 6.16. The van der Waals surface area contributed by atoms with Crippen LogP contribution in [-0.4, -0.2) is 23.1 Å². The van der Waals surface area contributed by atoms with Gasteiger partial charge in [-0.15, -0.1) is 0 Å². The summed E-state index contributed by atoms with van der Waals surface area (Å²) in [5.74, 6) is 1.37. The molecule has 0 N–H and O–H groups in total. The maximum absolute atomic E-state index is 11.9. The third kappa shape index (κ3) is 3.38. The number of hydrogen-bond acceptors (Lipinski definition) is 6. The second-order valence-corrected chi connectivity index (χ2v) is 8.18. The predicted octanol–water partition coefficient (Wildman–Crippen LogP) is 5.16. The molecule has 0 amide bonds. The number of rotatable bonds is 5. The molecule has 6 heteroatoms. The second kappa shape index (κ2) is 7.43. The quantitative estimate of drug-likeness (QED) is 0.669. The first-order valence-electron chi connectivity index (χ1n) is 9.66. The van der Waals surface area contributed by atoms with Crippen molar-refractivity contribution in [2.45, 2.75) is 52.5 Å². The lowest BCUT2D eigenvalue weighted by Crippen LogP contribution is -2.27. The minimum atomic E-state index is 0.0677. The van der Waals surface area contributed by atoms with E-state index in [0.29, 0.717) is 12.5 Å². The van der Waals surface area contributed by atoms with Crippen LogP contribution in [0.5, 0.6) is 5.75 Å². The van der Waals surface area contributed by atoms with Gasteiger partial charge in [-0.05, 0) is 50.8 Å². The number of fused-ring (bicyclic) bond motifs is 1. The van der Waals surface area contributed by atoms with Crippen molar-refractivity contribution in [3.05, 3.63) is 40.4 Å². The summed E-state index contributed by atoms with van der Waals surface area (Å²) < 4.78 is 5.60. The molecule has 1 saturated carbocycles. The highest BCUT2D eigenvalue weighted by atomic mass is 32.1. The number of carbonyl (C=O) groups is 1. The first-order chi connectivity index (χ1) is 13.1. The van der Waals surface area contributed by atoms with Crippen LogP contribution < -0.4 is 9.75 Å². The van der Waals surface area contributed by atoms with Crippen LogP contribution in [0.3, 0.4) is 0 Å². The lowest BCUT2D eigenvalue weighted by molar-refractivity contribution is 0.102. The number of benzene rings is 1. The molecule has 1 aliphatic heterocycles. The molecule has 27 heavy (non-hydrogen) atoms. The van der Waals surface area contributed by atoms with Gasteiger partial charge in [-0.1, -0.05) is 29.9 Å². The van der Waals surface area contributed by atoms with Crippen LogP contribution in [0.2, 0.25) is 0 Å². The molecular formula is C21H25N3O2S. The Morgan fingerprint density at radius 2 is 2.07 bits per heavy atom. The van der Waals surface area contributed by atoms with Gasteiger partial charge in [0.15, 0.2) is 5.78 Å². The van der Waals surface area contributed by atoms with E-state index < -0.39 is 0 Å². The summed E-state index contributed by atoms with van der Waals surface area (Å²) in [5.41, 5.74) is 3.29. The maximum atomic E-state index is 11.9. The third-order valence-corrected chi connectivity index (χ3v) is 6.59. The average molecular weight is 384 g/mol. The van der Waals surface area contributed by atoms with Crippen LogP contribution >= 0.6 is 11.3 Å². The van der Waals surface area contributed by atoms with Crippen LogP contribution in [0.1, 0.15) is 66.5 Å². The van der Waals surface area contributed by atoms with Crippen LogP contribution in [0.15, 0.2) is 29.4 Å². The average Bonchev–Trinajstić information content (AvgIpc) is 3.23. The summed E-state index contributed by atoms with van der Waals surface area (Å²) in [6, 6.07) is 8.49. The minimum Gasteiger partial charge on any atom is -0.494 e. The monoisotopic (exact) mass is 383 g/mol. The summed E-state index contributed by atoms with van der Waals surface area (Å²) in [7, 11) is 0. The molecule has 1 fully saturated rings. The molecule has 2 aromatic rings. The number of Topliss-reactive ketones (excluding diaryl/α,β-unsaturated/α-hetero) is 1. The number of ether oxygens (including phenoxy) is 1. The number of carbonyl (C=O) groups excluding carboxylic acids is 1. The fourth-order valence-electron chi connectivity index (χ4n) is 4.13. The zero-order valence-corrected chi connectivity index (χ0v) is 16.9. The molecule has 0 saturated heterocycles. The number of hydrazone groups is 1. The minimum absolute atomic E-state index is 0.0677. The molecule has 2 heterocycles. The van der Waals surface area contributed by atoms with Gasteiger partial charge in [0.05, 0.1) is 23.2 Å². The molecule has 5 nitrogen and oxygen atoms in total. The normalized spacial score (nSPS) is 21.7. The molecule has 1 aromatic heterocycles. The SMILES string of the molecule is CCOc1ccc([C@H]2[C@H]3CCCCC3=NN2c2nc(C)c(C(C)=O)s2)cc1. The zero-order valence-electron chi connectivity index (χ0n) is 16.1. The largest absolute Gasteiger partial charge is 0.494 e. The molecule has 2 atom stereocenters. The third-order valence-electron chi connectivity index (χ3n) is 5.34. The molecule has 0 radical (unpaired) electrons. The number of anilines is 1. The van der Waals surface area contributed by atoms with Gasteiger partial charge in [0.2, 0.25) is 5.13 Å². The van der Waals surface area contributed by atoms with Gasteiger partial charge in [0.1, 0.15) is 5.75 Å². The van der Waals surface area contributed by atoms with Gasteiger partial charge in [-0.3, -0.25) is 4.79 Å². The van der Waals surface area contributed by atoms with Crippen molar-refractivity contribution in [3.8, 4) is 5.75 Å². The zero-order chi connectivity index (χ0) is 19.0. The Labute approximate surface area is 164 Å². The van der Waals surface area contributed by atoms with Gasteiger partial charge in [0.25, 0.3) is 0 Å². The molecule has 0 bridgehead atoms. The number of hydrogen-bond donors (Lipinski definition) is 0. The Bertz CT molecular complexity index is 872. The maximum Gasteiger partial charge on any atom is 0.207 e. The summed E-state index contributed by atoms with van der Waals surface area (Å²) in [5, 5.41) is 7.84. The highest BCUT2D eigenvalue weighted by Gasteiger charge is 2.41. The van der Waals surface area contributed by atoms with E-state index >= 15 is 0 Å². The highest BCUT2D eigenvalue weighted by molar-refractivity contribution is 7.17. The molecule has 4 rings (SSSR count). The predicted molar refractivity (Wildman–Crippen MR) is 109 cm³/mol. The van der Waals surface area contributed by atoms with Crippen molar-refractivity contribution in [1.29, 1.82) is 0 Å². The topological polar surface area (TPSA) is 54.8 Å². The van der Waals surface area contributed by atoms with Gasteiger partial charge < -0.3 is 4.74 Å². The summed E-state index contributed by atoms with van der Waals surface area (Å²) in [4.78, 5) is 17.3. The van der Waals surface area contributed by atoms with Gasteiger partial charge in [-0.2, -0.15) is 5.10 Å². The van der Waals surface area contributed by atoms with Gasteiger partial charge in [-0.25, -0.2) is 9.99 Å². The van der Waals surface area contributed by atoms with E-state index in [-0.39, 0.29) is 11.8 Å². The molecule has 1 aliphatic carbocycles.